The molecule has 0 radical (unpaired) electrons. The zero-order valence-corrected chi connectivity index (χ0v) is 11.1. The fraction of sp³-hybridized carbons (Fsp3) is 0. The average molecular weight is 281 g/mol. The highest BCUT2D eigenvalue weighted by atomic mass is 16.3. The van der Waals surface area contributed by atoms with Crippen molar-refractivity contribution in [2.45, 2.75) is 0 Å². The molecule has 104 valence electrons. The summed E-state index contributed by atoms with van der Waals surface area (Å²) in [6.07, 6.45) is 0. The second-order valence-electron chi connectivity index (χ2n) is 4.67. The molecule has 3 heteroatoms. The lowest BCUT2D eigenvalue weighted by molar-refractivity contribution is 0.469. The van der Waals surface area contributed by atoms with E-state index in [0.717, 1.165) is 0 Å². The summed E-state index contributed by atoms with van der Waals surface area (Å²) in [7, 11) is 0. The maximum Gasteiger partial charge on any atom is 0.293 e. The molecule has 0 aliphatic rings. The SMILES string of the molecule is [2H]Oc1ccccc1-c1cccc(O[2H])c1-c1ccccc1O[2H]. The van der Waals surface area contributed by atoms with E-state index in [4.69, 9.17) is 19.6 Å². The van der Waals surface area contributed by atoms with E-state index >= 15 is 0 Å². The van der Waals surface area contributed by atoms with Crippen molar-refractivity contribution in [3.8, 4) is 39.5 Å². The molecule has 0 aliphatic carbocycles. The molecule has 0 aliphatic heterocycles. The third-order valence-corrected chi connectivity index (χ3v) is 3.36. The summed E-state index contributed by atoms with van der Waals surface area (Å²) < 4.78 is 21.9. The molecule has 3 aromatic carbocycles. The Hall–Kier alpha value is -2.94. The first-order valence-corrected chi connectivity index (χ1v) is 6.51. The summed E-state index contributed by atoms with van der Waals surface area (Å²) in [6, 6.07) is 19.4. The van der Waals surface area contributed by atoms with Crippen LogP contribution in [0, 0.1) is 0 Å². The van der Waals surface area contributed by atoms with E-state index in [2.05, 4.69) is 0 Å². The Morgan fingerprint density at radius 2 is 1.05 bits per heavy atom. The van der Waals surface area contributed by atoms with E-state index in [9.17, 15) is 0 Å². The number of benzene rings is 3. The van der Waals surface area contributed by atoms with Gasteiger partial charge in [0.15, 0.2) is 0 Å². The molecule has 0 heterocycles. The summed E-state index contributed by atoms with van der Waals surface area (Å²) >= 11 is 0. The van der Waals surface area contributed by atoms with E-state index in [0.29, 0.717) is 39.5 Å². The van der Waals surface area contributed by atoms with Gasteiger partial charge in [-0.25, -0.2) is 0 Å². The minimum absolute atomic E-state index is 0.316. The zero-order chi connectivity index (χ0) is 16.9. The monoisotopic (exact) mass is 281 g/mol. The van der Waals surface area contributed by atoms with Crippen LogP contribution in [0.2, 0.25) is 0 Å². The first kappa shape index (κ1) is 9.88. The largest absolute Gasteiger partial charge is 0.507 e. The number of hydrogen-bond donors (Lipinski definition) is 3. The van der Waals surface area contributed by atoms with Crippen molar-refractivity contribution >= 4 is 0 Å². The number of para-hydroxylation sites is 2. The average Bonchev–Trinajstić information content (AvgIpc) is 2.67. The molecular formula is C18H14O3. The van der Waals surface area contributed by atoms with Crippen molar-refractivity contribution in [2.24, 2.45) is 0 Å². The van der Waals surface area contributed by atoms with Crippen molar-refractivity contribution in [3.05, 3.63) is 66.7 Å². The van der Waals surface area contributed by atoms with E-state index < -0.39 is 0 Å². The number of aromatic hydroxyl groups is 3. The summed E-state index contributed by atoms with van der Waals surface area (Å²) in [5, 5.41) is 14.2. The molecule has 0 bridgehead atoms. The van der Waals surface area contributed by atoms with Crippen LogP contribution in [0.4, 0.5) is 0 Å². The van der Waals surface area contributed by atoms with Crippen LogP contribution in [-0.2, 0) is 0 Å². The number of rotatable bonds is 5. The van der Waals surface area contributed by atoms with Crippen LogP contribution in [0.1, 0.15) is 0 Å². The van der Waals surface area contributed by atoms with E-state index in [1.54, 1.807) is 42.5 Å². The summed E-state index contributed by atoms with van der Waals surface area (Å²) in [5.41, 5.74) is 2.61. The molecular weight excluding hydrogens is 264 g/mol. The van der Waals surface area contributed by atoms with Gasteiger partial charge in [-0.2, -0.15) is 0 Å². The quantitative estimate of drug-likeness (QED) is 0.658. The predicted octanol–water partition coefficient (Wildman–Crippen LogP) is 4.14. The first-order valence-electron chi connectivity index (χ1n) is 7.74. The van der Waals surface area contributed by atoms with Gasteiger partial charge in [-0.05, 0) is 23.8 Å². The van der Waals surface area contributed by atoms with Gasteiger partial charge in [0.05, 0.1) is 0 Å². The topological polar surface area (TPSA) is 60.7 Å². The molecule has 0 saturated heterocycles. The standard InChI is InChI=1S/C18H14O3/c19-15-9-3-1-6-12(15)13-8-5-11-17(21)18(13)14-7-2-4-10-16(14)20/h1-11,19-21H/i/hD3. The second kappa shape index (κ2) is 5.21. The van der Waals surface area contributed by atoms with Crippen molar-refractivity contribution in [2.75, 3.05) is 0 Å². The maximum absolute atomic E-state index is 7.36. The van der Waals surface area contributed by atoms with Crippen LogP contribution in [0.5, 0.6) is 17.2 Å². The number of phenolic OH excluding ortho intramolecular Hbond substituents is 3. The van der Waals surface area contributed by atoms with Gasteiger partial charge in [0.2, 0.25) is 0 Å². The van der Waals surface area contributed by atoms with Gasteiger partial charge < -0.3 is 15.3 Å². The highest BCUT2D eigenvalue weighted by Gasteiger charge is 2.16. The third kappa shape index (κ3) is 2.30. The van der Waals surface area contributed by atoms with Crippen molar-refractivity contribution in [3.63, 3.8) is 0 Å². The Morgan fingerprint density at radius 1 is 0.524 bits per heavy atom. The van der Waals surface area contributed by atoms with Crippen molar-refractivity contribution < 1.29 is 15.3 Å². The number of phenols is 3. The van der Waals surface area contributed by atoms with E-state index in [1.165, 1.54) is 0 Å². The normalized spacial score (nSPS) is 11.9. The summed E-state index contributed by atoms with van der Waals surface area (Å²) in [6.45, 7) is 0. The molecule has 0 atom stereocenters. The molecule has 3 nitrogen and oxygen atoms in total. The van der Waals surface area contributed by atoms with Gasteiger partial charge in [0, 0.05) is 16.7 Å². The van der Waals surface area contributed by atoms with Gasteiger partial charge in [0.1, 0.15) is 17.2 Å². The second-order valence-corrected chi connectivity index (χ2v) is 4.67. The van der Waals surface area contributed by atoms with Crippen molar-refractivity contribution in [1.29, 1.82) is 4.29 Å². The van der Waals surface area contributed by atoms with Gasteiger partial charge >= 0.3 is 0 Å². The minimum Gasteiger partial charge on any atom is -0.507 e. The van der Waals surface area contributed by atoms with Gasteiger partial charge in [-0.3, -0.25) is 0 Å². The maximum atomic E-state index is 7.36. The van der Waals surface area contributed by atoms with Crippen LogP contribution in [0.15, 0.2) is 66.7 Å². The summed E-state index contributed by atoms with van der Waals surface area (Å²) in [5.74, 6) is 1.04. The molecule has 3 rings (SSSR count). The Labute approximate surface area is 126 Å². The Kier molecular flexibility index (Phi) is 2.45. The minimum atomic E-state index is 0.316. The highest BCUT2D eigenvalue weighted by Crippen LogP contribution is 2.44. The molecule has 0 aromatic heterocycles. The first-order chi connectivity index (χ1) is 11.8. The lowest BCUT2D eigenvalue weighted by Gasteiger charge is -2.14. The fourth-order valence-electron chi connectivity index (χ4n) is 2.40. The molecule has 21 heavy (non-hydrogen) atoms. The van der Waals surface area contributed by atoms with Gasteiger partial charge in [-0.1, -0.05) is 48.5 Å². The smallest absolute Gasteiger partial charge is 0.293 e. The van der Waals surface area contributed by atoms with Crippen molar-refractivity contribution in [1.82, 2.24) is 0 Å². The molecule has 3 aromatic rings. The van der Waals surface area contributed by atoms with E-state index in [-0.39, 0.29) is 0 Å². The molecule has 0 unspecified atom stereocenters. The summed E-state index contributed by atoms with van der Waals surface area (Å²) in [4.78, 5) is 0. The molecule has 3 N–H and O–H groups in total. The van der Waals surface area contributed by atoms with Gasteiger partial charge in [-0.15, -0.1) is 0 Å². The van der Waals surface area contributed by atoms with Crippen LogP contribution in [-0.4, -0.2) is 19.6 Å². The van der Waals surface area contributed by atoms with Crippen LogP contribution in [0.25, 0.3) is 22.3 Å². The molecule has 0 amide bonds. The lowest BCUT2D eigenvalue weighted by Crippen LogP contribution is -1.87. The Morgan fingerprint density at radius 3 is 1.76 bits per heavy atom. The zero-order valence-electron chi connectivity index (χ0n) is 14.1. The molecule has 0 spiro atoms. The Bertz CT molecular complexity index is 852. The van der Waals surface area contributed by atoms with Crippen LogP contribution >= 0.6 is 0 Å². The number of hydrogen-bond acceptors (Lipinski definition) is 3. The molecule has 0 fully saturated rings. The fourth-order valence-corrected chi connectivity index (χ4v) is 2.40. The highest BCUT2D eigenvalue weighted by molar-refractivity contribution is 5.91. The lowest BCUT2D eigenvalue weighted by atomic mass is 9.93. The molecule has 0 saturated carbocycles. The Balaban J connectivity index is 2.33. The van der Waals surface area contributed by atoms with Crippen LogP contribution < -0.4 is 0 Å². The third-order valence-electron chi connectivity index (χ3n) is 3.36. The van der Waals surface area contributed by atoms with E-state index in [1.807, 2.05) is 24.3 Å². The predicted molar refractivity (Wildman–Crippen MR) is 82.3 cm³/mol. The van der Waals surface area contributed by atoms with Gasteiger partial charge in [0.25, 0.3) is 4.29 Å². The van der Waals surface area contributed by atoms with Crippen LogP contribution in [0.3, 0.4) is 0 Å².